The van der Waals surface area contributed by atoms with Crippen LogP contribution >= 0.6 is 15.6 Å². The third-order valence-electron chi connectivity index (χ3n) is 16.5. The average Bonchev–Trinajstić information content (AvgIpc) is 3.71. The van der Waals surface area contributed by atoms with E-state index >= 15 is 0 Å². The largest absolute Gasteiger partial charge is 0.472 e. The van der Waals surface area contributed by atoms with Crippen LogP contribution in [0.15, 0.2) is 0 Å². The molecule has 0 aliphatic rings. The molecule has 0 saturated heterocycles. The van der Waals surface area contributed by atoms with Crippen LogP contribution in [0.4, 0.5) is 0 Å². The van der Waals surface area contributed by atoms with E-state index in [4.69, 9.17) is 37.0 Å². The zero-order valence-corrected chi connectivity index (χ0v) is 60.1. The van der Waals surface area contributed by atoms with E-state index < -0.39 is 97.5 Å². The lowest BCUT2D eigenvalue weighted by Crippen LogP contribution is -2.30. The molecule has 0 fully saturated rings. The lowest BCUT2D eigenvalue weighted by molar-refractivity contribution is -0.161. The van der Waals surface area contributed by atoms with Crippen LogP contribution in [-0.4, -0.2) is 96.7 Å². The molecule has 0 aliphatic heterocycles. The van der Waals surface area contributed by atoms with Crippen molar-refractivity contribution in [3.63, 3.8) is 0 Å². The maximum absolute atomic E-state index is 13.0. The number of unbranched alkanes of at least 4 members (excludes halogenated alkanes) is 43. The number of hydrogen-bond donors (Lipinski definition) is 3. The Morgan fingerprint density at radius 3 is 0.756 bits per heavy atom. The molecule has 0 aliphatic carbocycles. The van der Waals surface area contributed by atoms with E-state index in [2.05, 4.69) is 34.6 Å². The van der Waals surface area contributed by atoms with Crippen molar-refractivity contribution in [2.45, 2.75) is 387 Å². The molecule has 0 heterocycles. The minimum absolute atomic E-state index is 0.106. The zero-order chi connectivity index (χ0) is 66.3. The number of phosphoric acid groups is 2. The van der Waals surface area contributed by atoms with Crippen LogP contribution in [0.2, 0.25) is 0 Å². The molecule has 0 aromatic rings. The molecule has 0 radical (unpaired) electrons. The highest BCUT2D eigenvalue weighted by Gasteiger charge is 2.30. The van der Waals surface area contributed by atoms with Crippen molar-refractivity contribution >= 4 is 39.5 Å². The van der Waals surface area contributed by atoms with E-state index in [0.717, 1.165) is 96.3 Å². The Balaban J connectivity index is 5.21. The predicted molar refractivity (Wildman–Crippen MR) is 363 cm³/mol. The molecule has 534 valence electrons. The standard InChI is InChI=1S/C71H138O17P2/c1-6-9-12-15-18-21-24-26-27-28-29-30-32-34-37-40-47-52-57-71(76)87-66(60-81-68(73)54-49-44-38-36-33-31-25-22-19-16-13-10-7-2)62-85-89(77,78)83-58-65(72)59-84-90(79,80)86-63-67(61-82-69(74)55-50-45-42-41-43-48-53-64(4)5)88-70(75)56-51-46-39-35-23-20-17-14-11-8-3/h64-67,72H,6-63H2,1-5H3,(H,77,78)(H,79,80)/t65-,66-,67-/m1/s1. The third-order valence-corrected chi connectivity index (χ3v) is 18.4. The minimum atomic E-state index is -4.95. The zero-order valence-electron chi connectivity index (χ0n) is 58.3. The Labute approximate surface area is 549 Å². The van der Waals surface area contributed by atoms with Gasteiger partial charge in [0.2, 0.25) is 0 Å². The molecular formula is C71H138O17P2. The molecule has 0 spiro atoms. The van der Waals surface area contributed by atoms with Gasteiger partial charge >= 0.3 is 39.5 Å². The van der Waals surface area contributed by atoms with Gasteiger partial charge in [0.25, 0.3) is 0 Å². The second kappa shape index (κ2) is 64.4. The van der Waals surface area contributed by atoms with Crippen molar-refractivity contribution < 1.29 is 80.2 Å². The lowest BCUT2D eigenvalue weighted by atomic mass is 10.0. The van der Waals surface area contributed by atoms with Gasteiger partial charge in [-0.25, -0.2) is 9.13 Å². The maximum atomic E-state index is 13.0. The van der Waals surface area contributed by atoms with Gasteiger partial charge in [0, 0.05) is 25.7 Å². The number of rotatable bonds is 71. The van der Waals surface area contributed by atoms with Crippen LogP contribution < -0.4 is 0 Å². The van der Waals surface area contributed by atoms with Crippen LogP contribution in [0.5, 0.6) is 0 Å². The second-order valence-electron chi connectivity index (χ2n) is 26.1. The Morgan fingerprint density at radius 1 is 0.300 bits per heavy atom. The number of esters is 4. The first-order valence-electron chi connectivity index (χ1n) is 37.1. The van der Waals surface area contributed by atoms with Gasteiger partial charge in [-0.3, -0.25) is 37.3 Å². The number of ether oxygens (including phenoxy) is 4. The molecule has 0 bridgehead atoms. The number of carbonyl (C=O) groups is 4. The fourth-order valence-electron chi connectivity index (χ4n) is 10.8. The number of phosphoric ester groups is 2. The molecule has 0 aromatic carbocycles. The Kier molecular flexibility index (Phi) is 63.0. The normalized spacial score (nSPS) is 14.1. The Bertz CT molecular complexity index is 1740. The first kappa shape index (κ1) is 88.1. The van der Waals surface area contributed by atoms with E-state index in [9.17, 15) is 43.2 Å². The van der Waals surface area contributed by atoms with E-state index in [-0.39, 0.29) is 25.7 Å². The van der Waals surface area contributed by atoms with Gasteiger partial charge in [-0.15, -0.1) is 0 Å². The fourth-order valence-corrected chi connectivity index (χ4v) is 12.4. The van der Waals surface area contributed by atoms with Crippen molar-refractivity contribution in [2.75, 3.05) is 39.6 Å². The summed E-state index contributed by atoms with van der Waals surface area (Å²) in [7, 11) is -9.90. The summed E-state index contributed by atoms with van der Waals surface area (Å²) in [5.74, 6) is -1.44. The topological polar surface area (TPSA) is 237 Å². The maximum Gasteiger partial charge on any atom is 0.472 e. The van der Waals surface area contributed by atoms with Crippen LogP contribution in [0.3, 0.4) is 0 Å². The quantitative estimate of drug-likeness (QED) is 0.0222. The summed E-state index contributed by atoms with van der Waals surface area (Å²) in [6, 6.07) is 0. The van der Waals surface area contributed by atoms with Gasteiger partial charge in [-0.1, -0.05) is 317 Å². The highest BCUT2D eigenvalue weighted by atomic mass is 31.2. The molecule has 5 atom stereocenters. The van der Waals surface area contributed by atoms with Crippen LogP contribution in [0.25, 0.3) is 0 Å². The summed E-state index contributed by atoms with van der Waals surface area (Å²) >= 11 is 0. The smallest absolute Gasteiger partial charge is 0.462 e. The van der Waals surface area contributed by atoms with E-state index in [1.165, 1.54) is 186 Å². The molecule has 3 N–H and O–H groups in total. The van der Waals surface area contributed by atoms with Crippen LogP contribution in [-0.2, 0) is 65.4 Å². The molecule has 19 heteroatoms. The molecular weight excluding hydrogens is 1190 g/mol. The van der Waals surface area contributed by atoms with Gasteiger partial charge in [-0.2, -0.15) is 0 Å². The predicted octanol–water partition coefficient (Wildman–Crippen LogP) is 20.5. The number of hydrogen-bond acceptors (Lipinski definition) is 15. The monoisotopic (exact) mass is 1320 g/mol. The van der Waals surface area contributed by atoms with E-state index in [0.29, 0.717) is 31.6 Å². The summed E-state index contributed by atoms with van der Waals surface area (Å²) in [6.07, 6.45) is 51.5. The Morgan fingerprint density at radius 2 is 0.511 bits per heavy atom. The van der Waals surface area contributed by atoms with Gasteiger partial charge in [0.15, 0.2) is 12.2 Å². The SMILES string of the molecule is CCCCCCCCCCCCCCCCCCCCC(=O)O[C@H](COC(=O)CCCCCCCCCCCCCCC)COP(=O)(O)OC[C@@H](O)COP(=O)(O)OC[C@@H](COC(=O)CCCCCCCCC(C)C)OC(=O)CCCCCCCCCCCC. The molecule has 17 nitrogen and oxygen atoms in total. The van der Waals surface area contributed by atoms with Crippen molar-refractivity contribution in [2.24, 2.45) is 5.92 Å². The highest BCUT2D eigenvalue weighted by Crippen LogP contribution is 2.45. The van der Waals surface area contributed by atoms with Crippen molar-refractivity contribution in [3.05, 3.63) is 0 Å². The minimum Gasteiger partial charge on any atom is -0.462 e. The van der Waals surface area contributed by atoms with Crippen molar-refractivity contribution in [1.82, 2.24) is 0 Å². The summed E-state index contributed by atoms with van der Waals surface area (Å²) in [5, 5.41) is 10.6. The van der Waals surface area contributed by atoms with E-state index in [1.54, 1.807) is 0 Å². The van der Waals surface area contributed by atoms with Crippen LogP contribution in [0.1, 0.15) is 369 Å². The lowest BCUT2D eigenvalue weighted by Gasteiger charge is -2.21. The van der Waals surface area contributed by atoms with Gasteiger partial charge < -0.3 is 33.8 Å². The summed E-state index contributed by atoms with van der Waals surface area (Å²) in [6.45, 7) is 7.16. The van der Waals surface area contributed by atoms with Crippen LogP contribution in [0, 0.1) is 5.92 Å². The number of aliphatic hydroxyl groups excluding tert-OH is 1. The molecule has 90 heavy (non-hydrogen) atoms. The van der Waals surface area contributed by atoms with Gasteiger partial charge in [0.05, 0.1) is 26.4 Å². The highest BCUT2D eigenvalue weighted by molar-refractivity contribution is 7.47. The van der Waals surface area contributed by atoms with Crippen molar-refractivity contribution in [3.8, 4) is 0 Å². The first-order valence-corrected chi connectivity index (χ1v) is 40.1. The summed E-state index contributed by atoms with van der Waals surface area (Å²) in [5.41, 5.74) is 0. The van der Waals surface area contributed by atoms with E-state index in [1.807, 2.05) is 0 Å². The number of aliphatic hydroxyl groups is 1. The third kappa shape index (κ3) is 64.8. The molecule has 0 saturated carbocycles. The summed E-state index contributed by atoms with van der Waals surface area (Å²) < 4.78 is 68.3. The Hall–Kier alpha value is -1.94. The van der Waals surface area contributed by atoms with Gasteiger partial charge in [-0.05, 0) is 31.6 Å². The first-order chi connectivity index (χ1) is 43.5. The average molecular weight is 1330 g/mol. The molecule has 0 amide bonds. The molecule has 2 unspecified atom stereocenters. The van der Waals surface area contributed by atoms with Crippen molar-refractivity contribution in [1.29, 1.82) is 0 Å². The molecule has 0 rings (SSSR count). The van der Waals surface area contributed by atoms with Gasteiger partial charge in [0.1, 0.15) is 19.3 Å². The fraction of sp³-hybridized carbons (Fsp3) is 0.944. The second-order valence-corrected chi connectivity index (χ2v) is 29.0. The molecule has 0 aromatic heterocycles. The summed E-state index contributed by atoms with van der Waals surface area (Å²) in [4.78, 5) is 72.5. The number of carbonyl (C=O) groups excluding carboxylic acids is 4.